The molecule has 1 aromatic carbocycles. The molecule has 1 aliphatic carbocycles. The number of hydrogen-bond donors (Lipinski definition) is 2. The maximum Gasteiger partial charge on any atom is 0.307 e. The average Bonchev–Trinajstić information content (AvgIpc) is 3.18. The SMILES string of the molecule is CCOC(=O)CCNCC(C(=O)N1CCN(c2ncnc3c2[C@H](C)C[C@H]3O)CC1)c1ccc(Cl)cc1. The first-order valence-corrected chi connectivity index (χ1v) is 12.9. The normalized spacial score (nSPS) is 20.2. The summed E-state index contributed by atoms with van der Waals surface area (Å²) in [5.41, 5.74) is 2.63. The molecular formula is C26H34ClN5O4. The van der Waals surface area contributed by atoms with Gasteiger partial charge in [-0.2, -0.15) is 0 Å². The summed E-state index contributed by atoms with van der Waals surface area (Å²) in [6.45, 7) is 7.53. The third-order valence-electron chi connectivity index (χ3n) is 6.90. The standard InChI is InChI=1S/C26H34ClN5O4/c1-3-36-22(34)8-9-28-15-20(18-4-6-19(27)7-5-18)26(35)32-12-10-31(11-13-32)25-23-17(2)14-21(33)24(23)29-16-30-25/h4-7,16-17,20-21,28,33H,3,8-15H2,1-2H3/t17-,20?,21-/m1/s1. The number of nitrogens with one attached hydrogen (secondary N) is 1. The second-order valence-electron chi connectivity index (χ2n) is 9.32. The van der Waals surface area contributed by atoms with Gasteiger partial charge in [0, 0.05) is 49.9 Å². The van der Waals surface area contributed by atoms with Crippen LogP contribution in [0.25, 0.3) is 0 Å². The highest BCUT2D eigenvalue weighted by molar-refractivity contribution is 6.30. The lowest BCUT2D eigenvalue weighted by molar-refractivity contribution is -0.142. The third kappa shape index (κ3) is 5.96. The molecule has 1 saturated heterocycles. The van der Waals surface area contributed by atoms with Crippen molar-refractivity contribution in [3.8, 4) is 0 Å². The molecule has 9 nitrogen and oxygen atoms in total. The summed E-state index contributed by atoms with van der Waals surface area (Å²) in [4.78, 5) is 38.2. The fraction of sp³-hybridized carbons (Fsp3) is 0.538. The topological polar surface area (TPSA) is 108 Å². The summed E-state index contributed by atoms with van der Waals surface area (Å²) in [5.74, 6) is 0.451. The summed E-state index contributed by atoms with van der Waals surface area (Å²) in [5, 5.41) is 14.2. The van der Waals surface area contributed by atoms with Crippen LogP contribution in [0.15, 0.2) is 30.6 Å². The molecular weight excluding hydrogens is 482 g/mol. The van der Waals surface area contributed by atoms with Crippen molar-refractivity contribution in [1.82, 2.24) is 20.2 Å². The van der Waals surface area contributed by atoms with Crippen LogP contribution in [0.2, 0.25) is 5.02 Å². The van der Waals surface area contributed by atoms with Crippen LogP contribution in [-0.2, 0) is 14.3 Å². The van der Waals surface area contributed by atoms with E-state index in [9.17, 15) is 14.7 Å². The summed E-state index contributed by atoms with van der Waals surface area (Å²) in [6.07, 6.45) is 1.89. The van der Waals surface area contributed by atoms with E-state index in [1.165, 1.54) is 6.33 Å². The van der Waals surface area contributed by atoms with E-state index in [4.69, 9.17) is 16.3 Å². The fourth-order valence-corrected chi connectivity index (χ4v) is 5.15. The molecule has 2 aliphatic rings. The minimum atomic E-state index is -0.545. The van der Waals surface area contributed by atoms with Crippen LogP contribution in [0.3, 0.4) is 0 Å². The second kappa shape index (κ2) is 12.0. The van der Waals surface area contributed by atoms with Gasteiger partial charge < -0.3 is 25.0 Å². The quantitative estimate of drug-likeness (QED) is 0.387. The van der Waals surface area contributed by atoms with E-state index < -0.39 is 12.0 Å². The highest BCUT2D eigenvalue weighted by atomic mass is 35.5. The van der Waals surface area contributed by atoms with Crippen molar-refractivity contribution in [2.75, 3.05) is 50.8 Å². The minimum absolute atomic E-state index is 0.0392. The third-order valence-corrected chi connectivity index (χ3v) is 7.15. The van der Waals surface area contributed by atoms with Crippen molar-refractivity contribution in [2.45, 2.75) is 44.6 Å². The number of nitrogens with zero attached hydrogens (tertiary/aromatic N) is 4. The van der Waals surface area contributed by atoms with Crippen LogP contribution in [0.5, 0.6) is 0 Å². The first kappa shape index (κ1) is 26.3. The van der Waals surface area contributed by atoms with Crippen molar-refractivity contribution in [3.05, 3.63) is 52.4 Å². The molecule has 36 heavy (non-hydrogen) atoms. The number of aromatic nitrogens is 2. The van der Waals surface area contributed by atoms with Gasteiger partial charge in [-0.25, -0.2) is 9.97 Å². The number of amides is 1. The largest absolute Gasteiger partial charge is 0.466 e. The number of fused-ring (bicyclic) bond motifs is 1. The number of carbonyl (C=O) groups excluding carboxylic acids is 2. The Labute approximate surface area is 216 Å². The Morgan fingerprint density at radius 1 is 1.19 bits per heavy atom. The van der Waals surface area contributed by atoms with Gasteiger partial charge in [-0.15, -0.1) is 0 Å². The molecule has 1 amide bonds. The Hall–Kier alpha value is -2.75. The number of esters is 1. The Morgan fingerprint density at radius 2 is 1.92 bits per heavy atom. The van der Waals surface area contributed by atoms with Crippen LogP contribution in [0.4, 0.5) is 5.82 Å². The molecule has 3 atom stereocenters. The van der Waals surface area contributed by atoms with Crippen LogP contribution in [0, 0.1) is 0 Å². The van der Waals surface area contributed by atoms with Crippen molar-refractivity contribution in [2.24, 2.45) is 0 Å². The monoisotopic (exact) mass is 515 g/mol. The Balaban J connectivity index is 1.41. The molecule has 1 aliphatic heterocycles. The minimum Gasteiger partial charge on any atom is -0.466 e. The van der Waals surface area contributed by atoms with E-state index in [0.717, 1.165) is 22.6 Å². The highest BCUT2D eigenvalue weighted by Gasteiger charge is 2.35. The Morgan fingerprint density at radius 3 is 2.61 bits per heavy atom. The molecule has 0 bridgehead atoms. The first-order valence-electron chi connectivity index (χ1n) is 12.6. The number of ether oxygens (including phenoxy) is 1. The lowest BCUT2D eigenvalue weighted by Gasteiger charge is -2.38. The molecule has 1 fully saturated rings. The molecule has 4 rings (SSSR count). The van der Waals surface area contributed by atoms with Gasteiger partial charge in [-0.3, -0.25) is 9.59 Å². The first-order chi connectivity index (χ1) is 17.4. The number of aliphatic hydroxyl groups excluding tert-OH is 1. The average molecular weight is 516 g/mol. The van der Waals surface area contributed by atoms with E-state index in [2.05, 4.69) is 27.1 Å². The van der Waals surface area contributed by atoms with E-state index in [0.29, 0.717) is 57.3 Å². The van der Waals surface area contributed by atoms with Gasteiger partial charge in [0.1, 0.15) is 12.1 Å². The molecule has 0 radical (unpaired) electrons. The van der Waals surface area contributed by atoms with Crippen molar-refractivity contribution in [3.63, 3.8) is 0 Å². The van der Waals surface area contributed by atoms with E-state index in [-0.39, 0.29) is 24.2 Å². The fourth-order valence-electron chi connectivity index (χ4n) is 5.03. The number of piperazine rings is 1. The van der Waals surface area contributed by atoms with Crippen molar-refractivity contribution in [1.29, 1.82) is 0 Å². The van der Waals surface area contributed by atoms with Crippen LogP contribution >= 0.6 is 11.6 Å². The molecule has 1 unspecified atom stereocenters. The van der Waals surface area contributed by atoms with E-state index in [1.807, 2.05) is 17.0 Å². The Bertz CT molecular complexity index is 1060. The zero-order valence-electron chi connectivity index (χ0n) is 20.8. The van der Waals surface area contributed by atoms with Crippen molar-refractivity contribution >= 4 is 29.3 Å². The van der Waals surface area contributed by atoms with Gasteiger partial charge in [0.05, 0.1) is 30.7 Å². The number of halogens is 1. The summed E-state index contributed by atoms with van der Waals surface area (Å²) >= 11 is 6.08. The molecule has 2 N–H and O–H groups in total. The van der Waals surface area contributed by atoms with Gasteiger partial charge in [-0.1, -0.05) is 30.7 Å². The van der Waals surface area contributed by atoms with Gasteiger partial charge >= 0.3 is 5.97 Å². The molecule has 10 heteroatoms. The van der Waals surface area contributed by atoms with Gasteiger partial charge in [0.2, 0.25) is 5.91 Å². The number of anilines is 1. The summed E-state index contributed by atoms with van der Waals surface area (Å²) < 4.78 is 4.98. The number of benzene rings is 1. The molecule has 0 saturated carbocycles. The van der Waals surface area contributed by atoms with Gasteiger partial charge in [0.25, 0.3) is 0 Å². The van der Waals surface area contributed by atoms with Crippen LogP contribution in [0.1, 0.15) is 61.4 Å². The smallest absolute Gasteiger partial charge is 0.307 e. The molecule has 0 spiro atoms. The molecule has 2 heterocycles. The second-order valence-corrected chi connectivity index (χ2v) is 9.76. The lowest BCUT2D eigenvalue weighted by atomic mass is 9.97. The number of carbonyl (C=O) groups is 2. The maximum atomic E-state index is 13.6. The zero-order chi connectivity index (χ0) is 25.7. The molecule has 1 aromatic heterocycles. The maximum absolute atomic E-state index is 13.6. The van der Waals surface area contributed by atoms with Gasteiger partial charge in [0.15, 0.2) is 0 Å². The number of rotatable bonds is 9. The predicted octanol–water partition coefficient (Wildman–Crippen LogP) is 2.65. The zero-order valence-corrected chi connectivity index (χ0v) is 21.6. The number of hydrogen-bond acceptors (Lipinski definition) is 8. The van der Waals surface area contributed by atoms with E-state index >= 15 is 0 Å². The Kier molecular flexibility index (Phi) is 8.77. The van der Waals surface area contributed by atoms with Crippen LogP contribution < -0.4 is 10.2 Å². The lowest BCUT2D eigenvalue weighted by Crippen LogP contribution is -2.51. The number of aliphatic hydroxyl groups is 1. The van der Waals surface area contributed by atoms with E-state index in [1.54, 1.807) is 19.1 Å². The van der Waals surface area contributed by atoms with Crippen molar-refractivity contribution < 1.29 is 19.4 Å². The summed E-state index contributed by atoms with van der Waals surface area (Å²) in [7, 11) is 0. The molecule has 2 aromatic rings. The predicted molar refractivity (Wildman–Crippen MR) is 137 cm³/mol. The summed E-state index contributed by atoms with van der Waals surface area (Å²) in [6, 6.07) is 7.34. The molecule has 194 valence electrons. The highest BCUT2D eigenvalue weighted by Crippen LogP contribution is 2.42. The van der Waals surface area contributed by atoms with Gasteiger partial charge in [-0.05, 0) is 37.0 Å². The van der Waals surface area contributed by atoms with Crippen LogP contribution in [-0.4, -0.2) is 77.7 Å².